The van der Waals surface area contributed by atoms with E-state index >= 15 is 0 Å². The Kier molecular flexibility index (Phi) is 7.61. The van der Waals surface area contributed by atoms with E-state index in [1.54, 1.807) is 11.7 Å². The molecule has 180 valence electrons. The molecule has 3 aromatic carbocycles. The molecule has 0 aliphatic rings. The highest BCUT2D eigenvalue weighted by molar-refractivity contribution is 7.99. The standard InChI is InChI=1S/C25H22F2N4O3S/c1-16-3-8-20(9-4-16)34-14-23-29-30-25(31(23)18-6-10-19(33-2)11-7-18)35-15-24(32)28-17-5-12-21(26)22(27)13-17/h3-13H,14-15H2,1-2H3,(H,28,32). The molecule has 7 nitrogen and oxygen atoms in total. The Bertz CT molecular complexity index is 1310. The second kappa shape index (κ2) is 11.0. The fraction of sp³-hybridized carbons (Fsp3) is 0.160. The number of anilines is 1. The summed E-state index contributed by atoms with van der Waals surface area (Å²) >= 11 is 1.15. The molecular formula is C25H22F2N4O3S. The van der Waals surface area contributed by atoms with Crippen molar-refractivity contribution >= 4 is 23.4 Å². The molecule has 0 atom stereocenters. The Morgan fingerprint density at radius 2 is 1.69 bits per heavy atom. The monoisotopic (exact) mass is 496 g/mol. The van der Waals surface area contributed by atoms with Crippen LogP contribution in [-0.2, 0) is 11.4 Å². The topological polar surface area (TPSA) is 78.3 Å². The number of hydrogen-bond donors (Lipinski definition) is 1. The maximum atomic E-state index is 13.4. The minimum Gasteiger partial charge on any atom is -0.497 e. The van der Waals surface area contributed by atoms with E-state index in [4.69, 9.17) is 9.47 Å². The molecule has 1 aromatic heterocycles. The lowest BCUT2D eigenvalue weighted by molar-refractivity contribution is -0.113. The van der Waals surface area contributed by atoms with Crippen molar-refractivity contribution in [3.05, 3.63) is 89.8 Å². The van der Waals surface area contributed by atoms with Crippen molar-refractivity contribution in [2.45, 2.75) is 18.7 Å². The summed E-state index contributed by atoms with van der Waals surface area (Å²) in [5, 5.41) is 11.5. The number of methoxy groups -OCH3 is 1. The van der Waals surface area contributed by atoms with Crippen LogP contribution in [0, 0.1) is 18.6 Å². The molecule has 0 aliphatic carbocycles. The molecule has 35 heavy (non-hydrogen) atoms. The molecule has 4 aromatic rings. The van der Waals surface area contributed by atoms with E-state index in [9.17, 15) is 13.6 Å². The lowest BCUT2D eigenvalue weighted by Crippen LogP contribution is -2.15. The predicted molar refractivity (Wildman–Crippen MR) is 129 cm³/mol. The van der Waals surface area contributed by atoms with E-state index in [-0.39, 0.29) is 18.0 Å². The Balaban J connectivity index is 1.51. The van der Waals surface area contributed by atoms with Crippen LogP contribution in [0.3, 0.4) is 0 Å². The van der Waals surface area contributed by atoms with E-state index in [1.165, 1.54) is 6.07 Å². The number of nitrogens with zero attached hydrogens (tertiary/aromatic N) is 3. The zero-order valence-electron chi connectivity index (χ0n) is 19.0. The van der Waals surface area contributed by atoms with Crippen molar-refractivity contribution in [1.29, 1.82) is 0 Å². The van der Waals surface area contributed by atoms with E-state index in [2.05, 4.69) is 15.5 Å². The highest BCUT2D eigenvalue weighted by Crippen LogP contribution is 2.25. The van der Waals surface area contributed by atoms with Gasteiger partial charge in [0, 0.05) is 17.4 Å². The highest BCUT2D eigenvalue weighted by atomic mass is 32.2. The number of benzene rings is 3. The maximum Gasteiger partial charge on any atom is 0.234 e. The minimum atomic E-state index is -1.03. The van der Waals surface area contributed by atoms with Gasteiger partial charge in [-0.15, -0.1) is 10.2 Å². The molecule has 10 heteroatoms. The van der Waals surface area contributed by atoms with Gasteiger partial charge >= 0.3 is 0 Å². The number of hydrogen-bond acceptors (Lipinski definition) is 6. The second-order valence-corrected chi connectivity index (χ2v) is 8.44. The fourth-order valence-electron chi connectivity index (χ4n) is 3.16. The van der Waals surface area contributed by atoms with Gasteiger partial charge in [-0.25, -0.2) is 8.78 Å². The normalized spacial score (nSPS) is 10.7. The maximum absolute atomic E-state index is 13.4. The molecule has 0 fully saturated rings. The largest absolute Gasteiger partial charge is 0.497 e. The first kappa shape index (κ1) is 24.2. The number of thioether (sulfide) groups is 1. The van der Waals surface area contributed by atoms with Crippen LogP contribution >= 0.6 is 11.8 Å². The smallest absolute Gasteiger partial charge is 0.234 e. The molecule has 0 radical (unpaired) electrons. The third-order valence-electron chi connectivity index (χ3n) is 4.96. The van der Waals surface area contributed by atoms with Gasteiger partial charge in [0.15, 0.2) is 22.6 Å². The van der Waals surface area contributed by atoms with Gasteiger partial charge in [0.05, 0.1) is 12.9 Å². The van der Waals surface area contributed by atoms with Crippen molar-refractivity contribution in [3.63, 3.8) is 0 Å². The zero-order valence-corrected chi connectivity index (χ0v) is 19.8. The molecule has 0 saturated heterocycles. The number of halogens is 2. The molecule has 0 aliphatic heterocycles. The Morgan fingerprint density at radius 1 is 0.971 bits per heavy atom. The van der Waals surface area contributed by atoms with Crippen LogP contribution in [0.5, 0.6) is 11.5 Å². The zero-order chi connectivity index (χ0) is 24.8. The molecule has 1 N–H and O–H groups in total. The Labute approximate surface area is 205 Å². The van der Waals surface area contributed by atoms with Crippen molar-refractivity contribution in [3.8, 4) is 17.2 Å². The summed E-state index contributed by atoms with van der Waals surface area (Å²) in [5.74, 6) is -0.508. The van der Waals surface area contributed by atoms with Crippen molar-refractivity contribution < 1.29 is 23.0 Å². The van der Waals surface area contributed by atoms with Gasteiger partial charge in [-0.2, -0.15) is 0 Å². The van der Waals surface area contributed by atoms with Crippen molar-refractivity contribution in [1.82, 2.24) is 14.8 Å². The summed E-state index contributed by atoms with van der Waals surface area (Å²) in [7, 11) is 1.58. The molecule has 0 unspecified atom stereocenters. The van der Waals surface area contributed by atoms with Crippen LogP contribution in [0.1, 0.15) is 11.4 Å². The number of rotatable bonds is 9. The van der Waals surface area contributed by atoms with E-state index in [1.807, 2.05) is 55.5 Å². The van der Waals surface area contributed by atoms with Gasteiger partial charge in [0.25, 0.3) is 0 Å². The Hall–Kier alpha value is -3.92. The Morgan fingerprint density at radius 3 is 2.37 bits per heavy atom. The molecule has 1 amide bonds. The highest BCUT2D eigenvalue weighted by Gasteiger charge is 2.17. The van der Waals surface area contributed by atoms with Crippen LogP contribution in [0.4, 0.5) is 14.5 Å². The fourth-order valence-corrected chi connectivity index (χ4v) is 3.93. The van der Waals surface area contributed by atoms with Gasteiger partial charge in [0.2, 0.25) is 5.91 Å². The molecule has 0 spiro atoms. The number of carbonyl (C=O) groups is 1. The lowest BCUT2D eigenvalue weighted by Gasteiger charge is -2.12. The number of ether oxygens (including phenoxy) is 2. The predicted octanol–water partition coefficient (Wildman–Crippen LogP) is 5.17. The van der Waals surface area contributed by atoms with Crippen molar-refractivity contribution in [2.24, 2.45) is 0 Å². The van der Waals surface area contributed by atoms with Crippen LogP contribution in [-0.4, -0.2) is 33.5 Å². The first-order valence-corrected chi connectivity index (χ1v) is 11.6. The number of aryl methyl sites for hydroxylation is 1. The van der Waals surface area contributed by atoms with E-state index in [0.29, 0.717) is 22.5 Å². The molecule has 0 saturated carbocycles. The molecule has 4 rings (SSSR count). The SMILES string of the molecule is COc1ccc(-n2c(COc3ccc(C)cc3)nnc2SCC(=O)Nc2ccc(F)c(F)c2)cc1. The molecule has 1 heterocycles. The summed E-state index contributed by atoms with van der Waals surface area (Å²) in [6, 6.07) is 18.2. The third-order valence-corrected chi connectivity index (χ3v) is 5.88. The van der Waals surface area contributed by atoms with Gasteiger partial charge in [-0.05, 0) is 55.5 Å². The van der Waals surface area contributed by atoms with E-state index < -0.39 is 17.5 Å². The molecular weight excluding hydrogens is 474 g/mol. The van der Waals surface area contributed by atoms with Gasteiger partial charge < -0.3 is 14.8 Å². The summed E-state index contributed by atoms with van der Waals surface area (Å²) in [4.78, 5) is 12.4. The van der Waals surface area contributed by atoms with Gasteiger partial charge in [-0.1, -0.05) is 29.5 Å². The number of aromatic nitrogens is 3. The quantitative estimate of drug-likeness (QED) is 0.322. The van der Waals surface area contributed by atoms with Crippen LogP contribution in [0.2, 0.25) is 0 Å². The third kappa shape index (κ3) is 6.15. The number of amides is 1. The van der Waals surface area contributed by atoms with Crippen LogP contribution in [0.25, 0.3) is 5.69 Å². The summed E-state index contributed by atoms with van der Waals surface area (Å²) in [5.41, 5.74) is 2.05. The lowest BCUT2D eigenvalue weighted by atomic mass is 10.2. The average Bonchev–Trinajstić information content (AvgIpc) is 3.27. The molecule has 0 bridgehead atoms. The summed E-state index contributed by atoms with van der Waals surface area (Å²) in [6.07, 6.45) is 0. The minimum absolute atomic E-state index is 0.0217. The van der Waals surface area contributed by atoms with Gasteiger partial charge in [-0.3, -0.25) is 9.36 Å². The van der Waals surface area contributed by atoms with Crippen molar-refractivity contribution in [2.75, 3.05) is 18.2 Å². The second-order valence-electron chi connectivity index (χ2n) is 7.50. The van der Waals surface area contributed by atoms with Gasteiger partial charge in [0.1, 0.15) is 18.1 Å². The first-order chi connectivity index (χ1) is 16.9. The summed E-state index contributed by atoms with van der Waals surface area (Å²) < 4.78 is 39.5. The number of carbonyl (C=O) groups excluding carboxylic acids is 1. The first-order valence-electron chi connectivity index (χ1n) is 10.6. The summed E-state index contributed by atoms with van der Waals surface area (Å²) in [6.45, 7) is 2.15. The van der Waals surface area contributed by atoms with Crippen LogP contribution < -0.4 is 14.8 Å². The van der Waals surface area contributed by atoms with Crippen LogP contribution in [0.15, 0.2) is 71.9 Å². The number of nitrogens with one attached hydrogen (secondary N) is 1. The average molecular weight is 497 g/mol. The van der Waals surface area contributed by atoms with E-state index in [0.717, 1.165) is 35.1 Å².